The van der Waals surface area contributed by atoms with E-state index in [9.17, 15) is 14.4 Å². The summed E-state index contributed by atoms with van der Waals surface area (Å²) in [5.41, 5.74) is 1.36. The number of piperazine rings is 1. The van der Waals surface area contributed by atoms with E-state index in [0.29, 0.717) is 26.2 Å². The van der Waals surface area contributed by atoms with Gasteiger partial charge >= 0.3 is 11.8 Å². The van der Waals surface area contributed by atoms with Gasteiger partial charge in [0.25, 0.3) is 5.91 Å². The number of carbonyl (C=O) groups excluding carboxylic acids is 3. The summed E-state index contributed by atoms with van der Waals surface area (Å²) >= 11 is 1.65. The maximum atomic E-state index is 12.9. The minimum absolute atomic E-state index is 0.0706. The molecule has 1 saturated heterocycles. The van der Waals surface area contributed by atoms with Crippen LogP contribution in [0.15, 0.2) is 6.07 Å². The number of nitrogens with zero attached hydrogens (tertiary/aromatic N) is 2. The average Bonchev–Trinajstić information content (AvgIpc) is 3.40. The molecule has 1 aromatic rings. The summed E-state index contributed by atoms with van der Waals surface area (Å²) in [5, 5.41) is 2.74. The van der Waals surface area contributed by atoms with Gasteiger partial charge in [0.15, 0.2) is 0 Å². The summed E-state index contributed by atoms with van der Waals surface area (Å²) < 4.78 is 0. The van der Waals surface area contributed by atoms with Crippen molar-refractivity contribution in [1.82, 2.24) is 15.1 Å². The van der Waals surface area contributed by atoms with Crippen molar-refractivity contribution < 1.29 is 14.4 Å². The van der Waals surface area contributed by atoms with Crippen molar-refractivity contribution in [2.75, 3.05) is 26.2 Å². The lowest BCUT2D eigenvalue weighted by atomic mass is 10.00. The third-order valence-corrected chi connectivity index (χ3v) is 6.89. The molecule has 1 aromatic heterocycles. The zero-order valence-corrected chi connectivity index (χ0v) is 16.5. The van der Waals surface area contributed by atoms with E-state index >= 15 is 0 Å². The number of amides is 3. The number of carbonyl (C=O) groups is 3. The fraction of sp³-hybridized carbons (Fsp3) is 0.650. The standard InChI is InChI=1S/C20H27N3O3S/c24-18(21-15-7-8-15)20(26)23-11-9-22(10-12-23)19(25)17-13-14-5-3-1-2-4-6-16(14)27-17/h13,15H,1-12H2,(H,21,24). The van der Waals surface area contributed by atoms with E-state index in [-0.39, 0.29) is 11.9 Å². The van der Waals surface area contributed by atoms with Gasteiger partial charge in [-0.1, -0.05) is 12.8 Å². The Bertz CT molecular complexity index is 707. The number of hydrogen-bond acceptors (Lipinski definition) is 4. The zero-order valence-electron chi connectivity index (χ0n) is 15.7. The molecule has 3 amide bonds. The summed E-state index contributed by atoms with van der Waals surface area (Å²) in [6.45, 7) is 1.83. The third kappa shape index (κ3) is 4.34. The molecule has 27 heavy (non-hydrogen) atoms. The first-order valence-corrected chi connectivity index (χ1v) is 10.9. The van der Waals surface area contributed by atoms with E-state index in [1.807, 2.05) is 4.90 Å². The average molecular weight is 390 g/mol. The fourth-order valence-corrected chi connectivity index (χ4v) is 5.06. The molecule has 0 radical (unpaired) electrons. The Labute approximate surface area is 163 Å². The molecular formula is C20H27N3O3S. The second-order valence-corrected chi connectivity index (χ2v) is 8.94. The highest BCUT2D eigenvalue weighted by Gasteiger charge is 2.32. The first kappa shape index (κ1) is 18.5. The van der Waals surface area contributed by atoms with Crippen molar-refractivity contribution in [3.05, 3.63) is 21.4 Å². The van der Waals surface area contributed by atoms with Crippen molar-refractivity contribution in [1.29, 1.82) is 0 Å². The van der Waals surface area contributed by atoms with Gasteiger partial charge in [-0.3, -0.25) is 14.4 Å². The number of thiophene rings is 1. The quantitative estimate of drug-likeness (QED) is 0.787. The molecule has 1 N–H and O–H groups in total. The molecule has 2 heterocycles. The van der Waals surface area contributed by atoms with Crippen LogP contribution in [0.3, 0.4) is 0 Å². The van der Waals surface area contributed by atoms with E-state index < -0.39 is 11.8 Å². The predicted octanol–water partition coefficient (Wildman–Crippen LogP) is 1.97. The Kier molecular flexibility index (Phi) is 5.48. The molecule has 6 nitrogen and oxygen atoms in total. The first-order valence-electron chi connectivity index (χ1n) is 10.1. The van der Waals surface area contributed by atoms with Crippen LogP contribution in [0.25, 0.3) is 0 Å². The van der Waals surface area contributed by atoms with E-state index in [1.54, 1.807) is 16.2 Å². The maximum Gasteiger partial charge on any atom is 0.312 e. The Morgan fingerprint density at radius 2 is 1.59 bits per heavy atom. The first-order chi connectivity index (χ1) is 13.1. The van der Waals surface area contributed by atoms with Gasteiger partial charge in [-0.25, -0.2) is 0 Å². The molecule has 4 rings (SSSR count). The second kappa shape index (κ2) is 8.00. The lowest BCUT2D eigenvalue weighted by Gasteiger charge is -2.34. The largest absolute Gasteiger partial charge is 0.345 e. The normalized spacial score (nSPS) is 20.4. The number of hydrogen-bond donors (Lipinski definition) is 1. The fourth-order valence-electron chi connectivity index (χ4n) is 3.84. The number of rotatable bonds is 2. The van der Waals surface area contributed by atoms with Crippen LogP contribution in [-0.2, 0) is 22.4 Å². The molecule has 146 valence electrons. The van der Waals surface area contributed by atoms with Crippen LogP contribution < -0.4 is 5.32 Å². The van der Waals surface area contributed by atoms with Crippen molar-refractivity contribution in [2.45, 2.75) is 57.4 Å². The zero-order chi connectivity index (χ0) is 18.8. The van der Waals surface area contributed by atoms with E-state index in [4.69, 9.17) is 0 Å². The molecule has 3 aliphatic rings. The van der Waals surface area contributed by atoms with Gasteiger partial charge in [0, 0.05) is 37.1 Å². The molecule has 0 aromatic carbocycles. The van der Waals surface area contributed by atoms with Crippen LogP contribution in [0.1, 0.15) is 58.6 Å². The monoisotopic (exact) mass is 389 g/mol. The molecule has 0 bridgehead atoms. The molecular weight excluding hydrogens is 362 g/mol. The smallest absolute Gasteiger partial charge is 0.312 e. The molecule has 1 saturated carbocycles. The van der Waals surface area contributed by atoms with Crippen molar-refractivity contribution in [2.24, 2.45) is 0 Å². The minimum atomic E-state index is -0.504. The number of nitrogens with one attached hydrogen (secondary N) is 1. The van der Waals surface area contributed by atoms with E-state index in [2.05, 4.69) is 11.4 Å². The van der Waals surface area contributed by atoms with Gasteiger partial charge < -0.3 is 15.1 Å². The van der Waals surface area contributed by atoms with Gasteiger partial charge in [-0.2, -0.15) is 0 Å². The minimum Gasteiger partial charge on any atom is -0.345 e. The summed E-state index contributed by atoms with van der Waals surface area (Å²) in [5.74, 6) is -0.898. The highest BCUT2D eigenvalue weighted by Crippen LogP contribution is 2.29. The van der Waals surface area contributed by atoms with Crippen molar-refractivity contribution >= 4 is 29.1 Å². The highest BCUT2D eigenvalue weighted by molar-refractivity contribution is 7.14. The summed E-state index contributed by atoms with van der Waals surface area (Å²) in [4.78, 5) is 42.6. The van der Waals surface area contributed by atoms with Crippen molar-refractivity contribution in [3.8, 4) is 0 Å². The Morgan fingerprint density at radius 1 is 0.926 bits per heavy atom. The predicted molar refractivity (Wildman–Crippen MR) is 104 cm³/mol. The number of aryl methyl sites for hydroxylation is 2. The van der Waals surface area contributed by atoms with Gasteiger partial charge in [0.2, 0.25) is 0 Å². The Balaban J connectivity index is 1.33. The second-order valence-electron chi connectivity index (χ2n) is 7.81. The SMILES string of the molecule is O=C(NC1CC1)C(=O)N1CCN(C(=O)c2cc3c(s2)CCCCCC3)CC1. The highest BCUT2D eigenvalue weighted by atomic mass is 32.1. The van der Waals surface area contributed by atoms with Crippen molar-refractivity contribution in [3.63, 3.8) is 0 Å². The Hall–Kier alpha value is -1.89. The van der Waals surface area contributed by atoms with Gasteiger partial charge in [-0.05, 0) is 50.2 Å². The molecule has 7 heteroatoms. The van der Waals surface area contributed by atoms with E-state index in [1.165, 1.54) is 36.1 Å². The molecule has 0 spiro atoms. The summed E-state index contributed by atoms with van der Waals surface area (Å²) in [6.07, 6.45) is 9.08. The third-order valence-electron chi connectivity index (χ3n) is 5.67. The van der Waals surface area contributed by atoms with E-state index in [0.717, 1.165) is 30.6 Å². The summed E-state index contributed by atoms with van der Waals surface area (Å²) in [7, 11) is 0. The van der Waals surface area contributed by atoms with Crippen LogP contribution in [-0.4, -0.2) is 59.7 Å². The van der Waals surface area contributed by atoms with Gasteiger partial charge in [0.1, 0.15) is 0 Å². The molecule has 2 aliphatic carbocycles. The lowest BCUT2D eigenvalue weighted by molar-refractivity contribution is -0.146. The van der Waals surface area contributed by atoms with Gasteiger partial charge in [0.05, 0.1) is 4.88 Å². The lowest BCUT2D eigenvalue weighted by Crippen LogP contribution is -2.54. The van der Waals surface area contributed by atoms with Crippen LogP contribution in [0.4, 0.5) is 0 Å². The van der Waals surface area contributed by atoms with Crippen LogP contribution >= 0.6 is 11.3 Å². The molecule has 0 atom stereocenters. The van der Waals surface area contributed by atoms with Crippen LogP contribution in [0.5, 0.6) is 0 Å². The molecule has 1 aliphatic heterocycles. The molecule has 2 fully saturated rings. The number of fused-ring (bicyclic) bond motifs is 1. The Morgan fingerprint density at radius 3 is 2.30 bits per heavy atom. The maximum absolute atomic E-state index is 12.9. The topological polar surface area (TPSA) is 69.7 Å². The van der Waals surface area contributed by atoms with Gasteiger partial charge in [-0.15, -0.1) is 11.3 Å². The molecule has 0 unspecified atom stereocenters. The van der Waals surface area contributed by atoms with Crippen LogP contribution in [0.2, 0.25) is 0 Å². The van der Waals surface area contributed by atoms with Crippen LogP contribution in [0, 0.1) is 0 Å². The summed E-state index contributed by atoms with van der Waals surface area (Å²) in [6, 6.07) is 2.27.